The van der Waals surface area contributed by atoms with Gasteiger partial charge in [-0.2, -0.15) is 0 Å². The quantitative estimate of drug-likeness (QED) is 0.674. The number of ether oxygens (including phenoxy) is 1. The monoisotopic (exact) mass is 323 g/mol. The Bertz CT molecular complexity index is 684. The molecule has 2 rings (SSSR count). The highest BCUT2D eigenvalue weighted by Gasteiger charge is 2.07. The number of benzene rings is 2. The molecule has 0 fully saturated rings. The van der Waals surface area contributed by atoms with E-state index in [1.165, 1.54) is 12.1 Å². The predicted octanol–water partition coefficient (Wildman–Crippen LogP) is 3.61. The average Bonchev–Trinajstić information content (AvgIpc) is 2.46. The molecule has 0 aromatic heterocycles. The first kappa shape index (κ1) is 15.4. The van der Waals surface area contributed by atoms with Crippen LogP contribution in [0.4, 0.5) is 5.69 Å². The smallest absolute Gasteiger partial charge is 0.252 e. The highest BCUT2D eigenvalue weighted by Crippen LogP contribution is 2.24. The van der Waals surface area contributed by atoms with Gasteiger partial charge < -0.3 is 10.5 Å². The molecule has 2 N–H and O–H groups in total. The van der Waals surface area contributed by atoms with E-state index in [9.17, 15) is 9.59 Å². The number of anilines is 1. The second-order valence-corrected chi connectivity index (χ2v) is 4.97. The zero-order chi connectivity index (χ0) is 15.4. The minimum atomic E-state index is -0.574. The van der Waals surface area contributed by atoms with Crippen molar-refractivity contribution < 1.29 is 14.3 Å². The summed E-state index contributed by atoms with van der Waals surface area (Å²) in [7, 11) is 0. The molecule has 0 bridgehead atoms. The van der Waals surface area contributed by atoms with Crippen molar-refractivity contribution in [2.75, 3.05) is 5.73 Å². The average molecular weight is 324 g/mol. The van der Waals surface area contributed by atoms with E-state index in [2.05, 4.69) is 0 Å². The lowest BCUT2D eigenvalue weighted by molar-refractivity contribution is 0.107. The van der Waals surface area contributed by atoms with Crippen LogP contribution in [0.25, 0.3) is 0 Å². The maximum atomic E-state index is 11.0. The lowest BCUT2D eigenvalue weighted by Gasteiger charge is -2.09. The summed E-state index contributed by atoms with van der Waals surface area (Å²) >= 11 is 10.7. The molecule has 0 spiro atoms. The van der Waals surface area contributed by atoms with E-state index in [4.69, 9.17) is 33.7 Å². The van der Waals surface area contributed by atoms with Crippen LogP contribution >= 0.6 is 23.2 Å². The Kier molecular flexibility index (Phi) is 4.83. The summed E-state index contributed by atoms with van der Waals surface area (Å²) in [5.74, 6) is 0.453. The Labute approximate surface area is 131 Å². The second-order valence-electron chi connectivity index (χ2n) is 4.29. The number of hydrogen-bond donors (Lipinski definition) is 1. The van der Waals surface area contributed by atoms with Crippen molar-refractivity contribution in [1.82, 2.24) is 0 Å². The number of hydrogen-bond acceptors (Lipinski definition) is 4. The summed E-state index contributed by atoms with van der Waals surface area (Å²) in [6.07, 6.45) is 0. The molecule has 0 saturated carbocycles. The molecule has 0 atom stereocenters. The van der Waals surface area contributed by atoms with Crippen molar-refractivity contribution >= 4 is 39.4 Å². The van der Waals surface area contributed by atoms with Crippen LogP contribution in [-0.4, -0.2) is 10.5 Å². The molecule has 0 amide bonds. The predicted molar refractivity (Wildman–Crippen MR) is 82.0 cm³/mol. The largest absolute Gasteiger partial charge is 0.487 e. The Hall–Kier alpha value is -2.04. The molecule has 0 aliphatic carbocycles. The number of nitrogens with two attached hydrogens (primary N) is 1. The molecule has 21 heavy (non-hydrogen) atoms. The third kappa shape index (κ3) is 3.97. The first-order valence-corrected chi connectivity index (χ1v) is 6.74. The molecule has 0 unspecified atom stereocenters. The van der Waals surface area contributed by atoms with Crippen molar-refractivity contribution in [2.45, 2.75) is 6.61 Å². The first-order valence-electron chi connectivity index (χ1n) is 5.98. The van der Waals surface area contributed by atoms with Crippen LogP contribution in [0, 0.1) is 0 Å². The maximum absolute atomic E-state index is 11.0. The Balaban J connectivity index is 2.06. The second kappa shape index (κ2) is 6.61. The molecule has 0 saturated heterocycles. The number of carbonyl (C=O) groups excluding carboxylic acids is 2. The lowest BCUT2D eigenvalue weighted by atomic mass is 10.1. The third-order valence-electron chi connectivity index (χ3n) is 2.81. The number of nitrogen functional groups attached to an aromatic ring is 1. The highest BCUT2D eigenvalue weighted by atomic mass is 35.5. The summed E-state index contributed by atoms with van der Waals surface area (Å²) in [5.41, 5.74) is 7.70. The van der Waals surface area contributed by atoms with Crippen LogP contribution in [0.1, 0.15) is 26.3 Å². The molecule has 108 valence electrons. The SMILES string of the molecule is Nc1cc(C(=O)Cl)ccc1OCc1ccc(C(=O)Cl)cc1. The van der Waals surface area contributed by atoms with E-state index in [0.29, 0.717) is 22.6 Å². The van der Waals surface area contributed by atoms with Crippen molar-refractivity contribution in [2.24, 2.45) is 0 Å². The van der Waals surface area contributed by atoms with Gasteiger partial charge in [-0.15, -0.1) is 0 Å². The van der Waals surface area contributed by atoms with E-state index < -0.39 is 10.5 Å². The van der Waals surface area contributed by atoms with Gasteiger partial charge in [-0.1, -0.05) is 12.1 Å². The molecule has 2 aromatic rings. The summed E-state index contributed by atoms with van der Waals surface area (Å²) in [5, 5.41) is -1.08. The summed E-state index contributed by atoms with van der Waals surface area (Å²) in [6.45, 7) is 0.273. The zero-order valence-corrected chi connectivity index (χ0v) is 12.3. The van der Waals surface area contributed by atoms with Crippen LogP contribution < -0.4 is 10.5 Å². The van der Waals surface area contributed by atoms with Gasteiger partial charge in [0.15, 0.2) is 0 Å². The van der Waals surface area contributed by atoms with Crippen LogP contribution in [0.2, 0.25) is 0 Å². The number of carbonyl (C=O) groups is 2. The minimum absolute atomic E-state index is 0.273. The fourth-order valence-corrected chi connectivity index (χ4v) is 1.94. The normalized spacial score (nSPS) is 10.2. The van der Waals surface area contributed by atoms with Crippen LogP contribution in [0.5, 0.6) is 5.75 Å². The van der Waals surface area contributed by atoms with Gasteiger partial charge in [0, 0.05) is 11.1 Å². The first-order chi connectivity index (χ1) is 9.97. The summed E-state index contributed by atoms with van der Waals surface area (Å²) in [4.78, 5) is 22.0. The lowest BCUT2D eigenvalue weighted by Crippen LogP contribution is -2.01. The van der Waals surface area contributed by atoms with Gasteiger partial charge in [0.25, 0.3) is 10.5 Å². The topological polar surface area (TPSA) is 69.4 Å². The zero-order valence-electron chi connectivity index (χ0n) is 10.8. The van der Waals surface area contributed by atoms with Gasteiger partial charge in [-0.05, 0) is 59.1 Å². The standard InChI is InChI=1S/C15H11Cl2NO3/c16-14(19)10-3-1-9(2-4-10)8-21-13-6-5-11(15(17)20)7-12(13)18/h1-7H,8,18H2. The Morgan fingerprint density at radius 1 is 0.952 bits per heavy atom. The van der Waals surface area contributed by atoms with Crippen LogP contribution in [0.15, 0.2) is 42.5 Å². The van der Waals surface area contributed by atoms with Gasteiger partial charge in [0.05, 0.1) is 5.69 Å². The van der Waals surface area contributed by atoms with Crippen molar-refractivity contribution in [3.05, 3.63) is 59.2 Å². The van der Waals surface area contributed by atoms with Crippen molar-refractivity contribution in [3.63, 3.8) is 0 Å². The summed E-state index contributed by atoms with van der Waals surface area (Å²) in [6, 6.07) is 11.3. The molecule has 0 aliphatic heterocycles. The highest BCUT2D eigenvalue weighted by molar-refractivity contribution is 6.68. The van der Waals surface area contributed by atoms with Crippen molar-refractivity contribution in [1.29, 1.82) is 0 Å². The van der Waals surface area contributed by atoms with E-state index in [-0.39, 0.29) is 6.61 Å². The number of halogens is 2. The van der Waals surface area contributed by atoms with E-state index in [1.54, 1.807) is 30.3 Å². The molecule has 4 nitrogen and oxygen atoms in total. The van der Waals surface area contributed by atoms with Crippen LogP contribution in [-0.2, 0) is 6.61 Å². The molecule has 0 heterocycles. The molecule has 2 aromatic carbocycles. The van der Waals surface area contributed by atoms with E-state index in [0.717, 1.165) is 5.56 Å². The van der Waals surface area contributed by atoms with Crippen LogP contribution in [0.3, 0.4) is 0 Å². The molecule has 0 radical (unpaired) electrons. The Morgan fingerprint density at radius 3 is 2.05 bits per heavy atom. The van der Waals surface area contributed by atoms with Gasteiger partial charge in [-0.25, -0.2) is 0 Å². The minimum Gasteiger partial charge on any atom is -0.487 e. The fourth-order valence-electron chi connectivity index (χ4n) is 1.70. The molecular formula is C15H11Cl2NO3. The van der Waals surface area contributed by atoms with Gasteiger partial charge >= 0.3 is 0 Å². The Morgan fingerprint density at radius 2 is 1.52 bits per heavy atom. The van der Waals surface area contributed by atoms with Gasteiger partial charge in [0.1, 0.15) is 12.4 Å². The number of rotatable bonds is 5. The maximum Gasteiger partial charge on any atom is 0.252 e. The third-order valence-corrected chi connectivity index (χ3v) is 3.25. The molecule has 0 aliphatic rings. The van der Waals surface area contributed by atoms with E-state index >= 15 is 0 Å². The fraction of sp³-hybridized carbons (Fsp3) is 0.0667. The van der Waals surface area contributed by atoms with Gasteiger partial charge in [0.2, 0.25) is 0 Å². The molecular weight excluding hydrogens is 313 g/mol. The van der Waals surface area contributed by atoms with Crippen molar-refractivity contribution in [3.8, 4) is 5.75 Å². The molecule has 6 heteroatoms. The summed E-state index contributed by atoms with van der Waals surface area (Å²) < 4.78 is 5.56. The van der Waals surface area contributed by atoms with E-state index in [1.807, 2.05) is 0 Å². The van der Waals surface area contributed by atoms with Gasteiger partial charge in [-0.3, -0.25) is 9.59 Å².